The standard InChI is InChI=1S/C28H29NO4/c1-4-33-26(30)25-27(17-18-27)28(19-9-13-21(31-2)14-10-19,20-11-15-22(32-3)16-12-20)23-7-5-6-8-24(23)29-25/h5-16,25,29H,4,17-18H2,1-3H3. The van der Waals surface area contributed by atoms with Crippen molar-refractivity contribution in [3.63, 3.8) is 0 Å². The number of carbonyl (C=O) groups excluding carboxylic acids is 1. The van der Waals surface area contributed by atoms with E-state index in [0.29, 0.717) is 6.61 Å². The Morgan fingerprint density at radius 2 is 1.42 bits per heavy atom. The molecule has 1 atom stereocenters. The number of rotatable bonds is 6. The maximum absolute atomic E-state index is 13.3. The summed E-state index contributed by atoms with van der Waals surface area (Å²) in [5.74, 6) is 1.41. The van der Waals surface area contributed by atoms with E-state index in [4.69, 9.17) is 14.2 Å². The van der Waals surface area contributed by atoms with Crippen LogP contribution in [-0.2, 0) is 14.9 Å². The van der Waals surface area contributed by atoms with Gasteiger partial charge in [0, 0.05) is 11.1 Å². The van der Waals surface area contributed by atoms with Crippen LogP contribution in [-0.4, -0.2) is 32.8 Å². The molecule has 1 unspecified atom stereocenters. The van der Waals surface area contributed by atoms with Gasteiger partial charge >= 0.3 is 5.97 Å². The summed E-state index contributed by atoms with van der Waals surface area (Å²) in [6.45, 7) is 2.21. The van der Waals surface area contributed by atoms with Crippen LogP contribution in [0.25, 0.3) is 0 Å². The monoisotopic (exact) mass is 443 g/mol. The van der Waals surface area contributed by atoms with Crippen LogP contribution >= 0.6 is 0 Å². The van der Waals surface area contributed by atoms with Gasteiger partial charge in [-0.25, -0.2) is 4.79 Å². The predicted molar refractivity (Wildman–Crippen MR) is 128 cm³/mol. The van der Waals surface area contributed by atoms with Gasteiger partial charge in [0.05, 0.1) is 26.2 Å². The molecule has 5 rings (SSSR count). The van der Waals surface area contributed by atoms with E-state index in [9.17, 15) is 4.79 Å². The van der Waals surface area contributed by atoms with E-state index >= 15 is 0 Å². The van der Waals surface area contributed by atoms with Crippen LogP contribution in [0.4, 0.5) is 5.69 Å². The number of hydrogen-bond donors (Lipinski definition) is 1. The van der Waals surface area contributed by atoms with E-state index in [1.54, 1.807) is 14.2 Å². The van der Waals surface area contributed by atoms with Crippen LogP contribution in [0.15, 0.2) is 72.8 Å². The van der Waals surface area contributed by atoms with Gasteiger partial charge < -0.3 is 19.5 Å². The summed E-state index contributed by atoms with van der Waals surface area (Å²) in [4.78, 5) is 13.3. The van der Waals surface area contributed by atoms with Crippen molar-refractivity contribution in [2.24, 2.45) is 5.41 Å². The Morgan fingerprint density at radius 3 is 1.91 bits per heavy atom. The summed E-state index contributed by atoms with van der Waals surface area (Å²) < 4.78 is 16.5. The number of esters is 1. The summed E-state index contributed by atoms with van der Waals surface area (Å²) in [5, 5.41) is 3.55. The van der Waals surface area contributed by atoms with Crippen LogP contribution in [0.5, 0.6) is 11.5 Å². The Bertz CT molecular complexity index is 1100. The van der Waals surface area contributed by atoms with Gasteiger partial charge in [-0.05, 0) is 66.8 Å². The van der Waals surface area contributed by atoms with Crippen molar-refractivity contribution in [2.45, 2.75) is 31.2 Å². The highest BCUT2D eigenvalue weighted by atomic mass is 16.5. The second-order valence-electron chi connectivity index (χ2n) is 8.74. The van der Waals surface area contributed by atoms with Gasteiger partial charge in [-0.2, -0.15) is 0 Å². The van der Waals surface area contributed by atoms with Gasteiger partial charge in [-0.1, -0.05) is 42.5 Å². The van der Waals surface area contributed by atoms with Crippen molar-refractivity contribution in [3.05, 3.63) is 89.5 Å². The quantitative estimate of drug-likeness (QED) is 0.533. The predicted octanol–water partition coefficient (Wildman–Crippen LogP) is 5.18. The molecule has 0 saturated heterocycles. The molecule has 1 aliphatic carbocycles. The fraction of sp³-hybridized carbons (Fsp3) is 0.321. The van der Waals surface area contributed by atoms with Crippen molar-refractivity contribution in [1.82, 2.24) is 0 Å². The highest BCUT2D eigenvalue weighted by molar-refractivity contribution is 5.86. The molecule has 33 heavy (non-hydrogen) atoms. The molecule has 2 aliphatic rings. The topological polar surface area (TPSA) is 56.8 Å². The van der Waals surface area contributed by atoms with Crippen LogP contribution in [0.2, 0.25) is 0 Å². The van der Waals surface area contributed by atoms with Gasteiger partial charge in [0.15, 0.2) is 0 Å². The first-order chi connectivity index (χ1) is 16.1. The van der Waals surface area contributed by atoms with Gasteiger partial charge in [0.25, 0.3) is 0 Å². The highest BCUT2D eigenvalue weighted by Gasteiger charge is 2.69. The average molecular weight is 444 g/mol. The van der Waals surface area contributed by atoms with E-state index in [2.05, 4.69) is 47.8 Å². The molecule has 1 fully saturated rings. The fourth-order valence-electron chi connectivity index (χ4n) is 5.76. The second-order valence-corrected chi connectivity index (χ2v) is 8.74. The van der Waals surface area contributed by atoms with Crippen molar-refractivity contribution < 1.29 is 19.0 Å². The third kappa shape index (κ3) is 3.10. The number of fused-ring (bicyclic) bond motifs is 1. The Balaban J connectivity index is 1.83. The minimum absolute atomic E-state index is 0.198. The summed E-state index contributed by atoms with van der Waals surface area (Å²) in [7, 11) is 3.35. The van der Waals surface area contributed by atoms with Gasteiger partial charge in [-0.3, -0.25) is 0 Å². The lowest BCUT2D eigenvalue weighted by Crippen LogP contribution is -2.56. The van der Waals surface area contributed by atoms with Crippen LogP contribution in [0.1, 0.15) is 36.5 Å². The van der Waals surface area contributed by atoms with E-state index in [0.717, 1.165) is 41.2 Å². The number of benzene rings is 3. The van der Waals surface area contributed by atoms with Gasteiger partial charge in [0.2, 0.25) is 0 Å². The Labute approximate surface area is 194 Å². The van der Waals surface area contributed by atoms with E-state index in [-0.39, 0.29) is 11.4 Å². The maximum Gasteiger partial charge on any atom is 0.329 e. The Morgan fingerprint density at radius 1 is 0.879 bits per heavy atom. The normalized spacial score (nSPS) is 19.2. The first-order valence-electron chi connectivity index (χ1n) is 11.4. The number of nitrogens with one attached hydrogen (secondary N) is 1. The molecule has 170 valence electrons. The minimum atomic E-state index is -0.537. The molecule has 1 N–H and O–H groups in total. The Kier molecular flexibility index (Phi) is 5.28. The van der Waals surface area contributed by atoms with Crippen LogP contribution in [0, 0.1) is 5.41 Å². The number of hydrogen-bond acceptors (Lipinski definition) is 5. The zero-order valence-electron chi connectivity index (χ0n) is 19.3. The van der Waals surface area contributed by atoms with Crippen LogP contribution < -0.4 is 14.8 Å². The molecule has 0 bridgehead atoms. The van der Waals surface area contributed by atoms with E-state index in [1.807, 2.05) is 37.3 Å². The number of anilines is 1. The second kappa shape index (κ2) is 8.14. The molecule has 3 aromatic carbocycles. The minimum Gasteiger partial charge on any atom is -0.497 e. The average Bonchev–Trinajstić information content (AvgIpc) is 3.66. The summed E-state index contributed by atoms with van der Waals surface area (Å²) in [6, 6.07) is 24.4. The molecule has 0 amide bonds. The number of ether oxygens (including phenoxy) is 3. The SMILES string of the molecule is CCOC(=O)C1Nc2ccccc2C(c2ccc(OC)cc2)(c2ccc(OC)cc2)C12CC2. The fourth-order valence-corrected chi connectivity index (χ4v) is 5.76. The lowest BCUT2D eigenvalue weighted by Gasteiger charge is -2.51. The first-order valence-corrected chi connectivity index (χ1v) is 11.4. The van der Waals surface area contributed by atoms with E-state index in [1.165, 1.54) is 5.56 Å². The molecular formula is C28H29NO4. The largest absolute Gasteiger partial charge is 0.497 e. The molecular weight excluding hydrogens is 414 g/mol. The number of methoxy groups -OCH3 is 2. The van der Waals surface area contributed by atoms with Crippen LogP contribution in [0.3, 0.4) is 0 Å². The molecule has 1 spiro atoms. The van der Waals surface area contributed by atoms with Gasteiger partial charge in [-0.15, -0.1) is 0 Å². The molecule has 0 aromatic heterocycles. The lowest BCUT2D eigenvalue weighted by atomic mass is 9.55. The molecule has 1 saturated carbocycles. The van der Waals surface area contributed by atoms with Crippen molar-refractivity contribution in [3.8, 4) is 11.5 Å². The first kappa shape index (κ1) is 21.4. The maximum atomic E-state index is 13.3. The third-order valence-electron chi connectivity index (χ3n) is 7.29. The van der Waals surface area contributed by atoms with E-state index < -0.39 is 11.5 Å². The Hall–Kier alpha value is -3.47. The summed E-state index contributed by atoms with van der Waals surface area (Å²) >= 11 is 0. The molecule has 5 nitrogen and oxygen atoms in total. The van der Waals surface area contributed by atoms with Crippen molar-refractivity contribution in [1.29, 1.82) is 0 Å². The highest BCUT2D eigenvalue weighted by Crippen LogP contribution is 2.70. The van der Waals surface area contributed by atoms with Crippen molar-refractivity contribution in [2.75, 3.05) is 26.1 Å². The van der Waals surface area contributed by atoms with Gasteiger partial charge in [0.1, 0.15) is 17.5 Å². The molecule has 3 aromatic rings. The summed E-state index contributed by atoms with van der Waals surface area (Å²) in [6.07, 6.45) is 1.83. The smallest absolute Gasteiger partial charge is 0.329 e. The molecule has 0 radical (unpaired) electrons. The molecule has 1 aliphatic heterocycles. The van der Waals surface area contributed by atoms with Crippen molar-refractivity contribution >= 4 is 11.7 Å². The zero-order valence-corrected chi connectivity index (χ0v) is 19.3. The lowest BCUT2D eigenvalue weighted by molar-refractivity contribution is -0.146. The molecule has 5 heteroatoms. The summed E-state index contributed by atoms with van der Waals surface area (Å²) in [5.41, 5.74) is 3.50. The molecule has 1 heterocycles. The third-order valence-corrected chi connectivity index (χ3v) is 7.29. The number of para-hydroxylation sites is 1. The number of carbonyl (C=O) groups is 1. The zero-order chi connectivity index (χ0) is 23.1.